The number of pyridine rings is 1. The molecule has 2 aromatic heterocycles. The van der Waals surface area contributed by atoms with Gasteiger partial charge >= 0.3 is 0 Å². The minimum absolute atomic E-state index is 0.188. The summed E-state index contributed by atoms with van der Waals surface area (Å²) in [5, 5.41) is 18.0. The van der Waals surface area contributed by atoms with Crippen molar-refractivity contribution >= 4 is 23.2 Å². The van der Waals surface area contributed by atoms with Gasteiger partial charge in [-0.3, -0.25) is 14.8 Å². The third-order valence-corrected chi connectivity index (χ3v) is 4.61. The number of aromatic nitrogens is 1. The number of carbonyl (C=O) groups excluding carboxylic acids is 2. The molecule has 0 aromatic carbocycles. The van der Waals surface area contributed by atoms with Gasteiger partial charge in [-0.15, -0.1) is 11.3 Å². The summed E-state index contributed by atoms with van der Waals surface area (Å²) >= 11 is 1.25. The molecule has 0 atom stereocenters. The van der Waals surface area contributed by atoms with Gasteiger partial charge in [-0.05, 0) is 24.1 Å². The summed E-state index contributed by atoms with van der Waals surface area (Å²) < 4.78 is 0. The highest BCUT2D eigenvalue weighted by Gasteiger charge is 2.25. The summed E-state index contributed by atoms with van der Waals surface area (Å²) in [6.07, 6.45) is 0.634. The largest absolute Gasteiger partial charge is 0.493 e. The molecule has 0 spiro atoms. The number of hydroxylamine groups is 1. The molecular weight excluding hydrogens is 306 g/mol. The van der Waals surface area contributed by atoms with Gasteiger partial charge in [0.05, 0.1) is 11.4 Å². The van der Waals surface area contributed by atoms with E-state index in [4.69, 9.17) is 5.21 Å². The highest BCUT2D eigenvalue weighted by atomic mass is 32.1. The molecule has 3 heterocycles. The van der Waals surface area contributed by atoms with Crippen molar-refractivity contribution in [3.63, 3.8) is 0 Å². The Balaban J connectivity index is 1.80. The van der Waals surface area contributed by atoms with Gasteiger partial charge in [0.25, 0.3) is 11.8 Å². The molecule has 1 aliphatic rings. The monoisotopic (exact) mass is 319 g/mol. The van der Waals surface area contributed by atoms with E-state index in [-0.39, 0.29) is 17.5 Å². The Labute approximate surface area is 129 Å². The second kappa shape index (κ2) is 5.74. The number of nitrogens with one attached hydrogen (secondary N) is 1. The van der Waals surface area contributed by atoms with Crippen molar-refractivity contribution in [2.75, 3.05) is 6.54 Å². The maximum Gasteiger partial charge on any atom is 0.284 e. The number of carbonyl (C=O) groups is 2. The van der Waals surface area contributed by atoms with Crippen molar-refractivity contribution in [3.8, 4) is 5.88 Å². The van der Waals surface area contributed by atoms with Crippen molar-refractivity contribution in [3.05, 3.63) is 45.3 Å². The lowest BCUT2D eigenvalue weighted by Gasteiger charge is -2.26. The van der Waals surface area contributed by atoms with E-state index in [2.05, 4.69) is 4.98 Å². The Morgan fingerprint density at radius 2 is 2.18 bits per heavy atom. The molecule has 3 rings (SSSR count). The molecule has 114 valence electrons. The number of fused-ring (bicyclic) bond motifs is 1. The predicted octanol–water partition coefficient (Wildman–Crippen LogP) is 1.17. The standard InChI is InChI=1S/C14H13N3O4S/c18-12-3-1-2-9(15-12)14(20)17-5-4-8-6-10(13(19)16-21)22-11(8)7-17/h1-3,6,21H,4-5,7H2,(H,15,18)(H,16,19). The summed E-state index contributed by atoms with van der Waals surface area (Å²) in [5.74, 6) is -1.00. The zero-order chi connectivity index (χ0) is 15.7. The van der Waals surface area contributed by atoms with Gasteiger partial charge in [0.15, 0.2) is 0 Å². The summed E-state index contributed by atoms with van der Waals surface area (Å²) in [6.45, 7) is 0.898. The highest BCUT2D eigenvalue weighted by Crippen LogP contribution is 2.28. The molecule has 0 unspecified atom stereocenters. The van der Waals surface area contributed by atoms with Crippen LogP contribution in [0.25, 0.3) is 0 Å². The Morgan fingerprint density at radius 1 is 1.36 bits per heavy atom. The molecule has 1 aliphatic heterocycles. The van der Waals surface area contributed by atoms with E-state index in [0.717, 1.165) is 10.4 Å². The summed E-state index contributed by atoms with van der Waals surface area (Å²) in [7, 11) is 0. The lowest BCUT2D eigenvalue weighted by Crippen LogP contribution is -2.35. The van der Waals surface area contributed by atoms with Crippen LogP contribution in [0, 0.1) is 0 Å². The molecular formula is C14H13N3O4S. The van der Waals surface area contributed by atoms with Crippen LogP contribution >= 0.6 is 11.3 Å². The van der Waals surface area contributed by atoms with Crippen LogP contribution in [-0.2, 0) is 13.0 Å². The van der Waals surface area contributed by atoms with Gasteiger partial charge in [-0.25, -0.2) is 10.5 Å². The van der Waals surface area contributed by atoms with Crippen molar-refractivity contribution < 1.29 is 19.9 Å². The quantitative estimate of drug-likeness (QED) is 0.569. The van der Waals surface area contributed by atoms with Gasteiger partial charge in [-0.2, -0.15) is 0 Å². The molecule has 3 N–H and O–H groups in total. The van der Waals surface area contributed by atoms with Gasteiger partial charge in [0.1, 0.15) is 5.69 Å². The van der Waals surface area contributed by atoms with Crippen molar-refractivity contribution in [2.24, 2.45) is 0 Å². The average molecular weight is 319 g/mol. The first-order valence-electron chi connectivity index (χ1n) is 6.60. The lowest BCUT2D eigenvalue weighted by atomic mass is 10.1. The molecule has 0 fully saturated rings. The van der Waals surface area contributed by atoms with Crippen molar-refractivity contribution in [1.82, 2.24) is 15.4 Å². The van der Waals surface area contributed by atoms with E-state index in [1.54, 1.807) is 28.6 Å². The molecule has 2 amide bonds. The minimum atomic E-state index is -0.549. The van der Waals surface area contributed by atoms with Crippen LogP contribution in [0.15, 0.2) is 24.3 Å². The smallest absolute Gasteiger partial charge is 0.284 e. The fraction of sp³-hybridized carbons (Fsp3) is 0.214. The van der Waals surface area contributed by atoms with Crippen molar-refractivity contribution in [1.29, 1.82) is 0 Å². The minimum Gasteiger partial charge on any atom is -0.493 e. The number of amides is 2. The fourth-order valence-electron chi connectivity index (χ4n) is 2.36. The van der Waals surface area contributed by atoms with Gasteiger partial charge in [0, 0.05) is 17.5 Å². The van der Waals surface area contributed by atoms with E-state index in [1.165, 1.54) is 17.4 Å². The molecule has 0 radical (unpaired) electrons. The molecule has 2 aromatic rings. The lowest BCUT2D eigenvalue weighted by molar-refractivity contribution is 0.0709. The number of aromatic hydroxyl groups is 1. The zero-order valence-electron chi connectivity index (χ0n) is 11.4. The first-order valence-corrected chi connectivity index (χ1v) is 7.41. The number of nitrogens with zero attached hydrogens (tertiary/aromatic N) is 2. The Kier molecular flexibility index (Phi) is 3.78. The topological polar surface area (TPSA) is 103 Å². The van der Waals surface area contributed by atoms with E-state index in [1.807, 2.05) is 0 Å². The van der Waals surface area contributed by atoms with Crippen LogP contribution in [0.4, 0.5) is 0 Å². The number of rotatable bonds is 2. The molecule has 8 heteroatoms. The van der Waals surface area contributed by atoms with E-state index in [9.17, 15) is 14.7 Å². The molecule has 0 bridgehead atoms. The van der Waals surface area contributed by atoms with Crippen LogP contribution in [-0.4, -0.2) is 38.6 Å². The predicted molar refractivity (Wildman–Crippen MR) is 77.9 cm³/mol. The third-order valence-electron chi connectivity index (χ3n) is 3.45. The molecule has 0 saturated heterocycles. The van der Waals surface area contributed by atoms with Gasteiger partial charge in [-0.1, -0.05) is 6.07 Å². The fourth-order valence-corrected chi connectivity index (χ4v) is 3.48. The second-order valence-electron chi connectivity index (χ2n) is 4.86. The number of thiophene rings is 1. The number of hydrogen-bond donors (Lipinski definition) is 3. The van der Waals surface area contributed by atoms with Gasteiger partial charge < -0.3 is 10.0 Å². The van der Waals surface area contributed by atoms with E-state index in [0.29, 0.717) is 24.4 Å². The maximum atomic E-state index is 12.4. The average Bonchev–Trinajstić information content (AvgIpc) is 2.96. The summed E-state index contributed by atoms with van der Waals surface area (Å²) in [4.78, 5) is 30.6. The van der Waals surface area contributed by atoms with Crippen molar-refractivity contribution in [2.45, 2.75) is 13.0 Å². The molecule has 7 nitrogen and oxygen atoms in total. The SMILES string of the molecule is O=C(NO)c1cc2c(s1)CN(C(=O)c1cccc(O)n1)CC2. The third kappa shape index (κ3) is 2.66. The molecule has 0 saturated carbocycles. The van der Waals surface area contributed by atoms with Gasteiger partial charge in [0.2, 0.25) is 5.88 Å². The zero-order valence-corrected chi connectivity index (χ0v) is 12.3. The Bertz CT molecular complexity index is 743. The molecule has 22 heavy (non-hydrogen) atoms. The van der Waals surface area contributed by atoms with Crippen LogP contribution in [0.2, 0.25) is 0 Å². The second-order valence-corrected chi connectivity index (χ2v) is 5.99. The highest BCUT2D eigenvalue weighted by molar-refractivity contribution is 7.14. The normalized spacial score (nSPS) is 13.6. The van der Waals surface area contributed by atoms with Crippen LogP contribution < -0.4 is 5.48 Å². The van der Waals surface area contributed by atoms with E-state index < -0.39 is 5.91 Å². The first-order chi connectivity index (χ1) is 10.6. The first kappa shape index (κ1) is 14.5. The Hall–Kier alpha value is -2.45. The molecule has 0 aliphatic carbocycles. The van der Waals surface area contributed by atoms with Crippen LogP contribution in [0.5, 0.6) is 5.88 Å². The summed E-state index contributed by atoms with van der Waals surface area (Å²) in [5.41, 5.74) is 2.81. The summed E-state index contributed by atoms with van der Waals surface area (Å²) in [6, 6.07) is 6.26. The number of hydrogen-bond acceptors (Lipinski definition) is 6. The van der Waals surface area contributed by atoms with Crippen LogP contribution in [0.3, 0.4) is 0 Å². The Morgan fingerprint density at radius 3 is 2.91 bits per heavy atom. The maximum absolute atomic E-state index is 12.4. The van der Waals surface area contributed by atoms with E-state index >= 15 is 0 Å². The van der Waals surface area contributed by atoms with Crippen LogP contribution in [0.1, 0.15) is 30.6 Å².